The lowest BCUT2D eigenvalue weighted by Gasteiger charge is -2.08. The smallest absolute Gasteiger partial charge is 0.235 e. The summed E-state index contributed by atoms with van der Waals surface area (Å²) in [5.41, 5.74) is 1.50. The molecule has 0 aromatic heterocycles. The van der Waals surface area contributed by atoms with E-state index in [1.807, 2.05) is 24.3 Å². The average Bonchev–Trinajstić information content (AvgIpc) is 3.35. The summed E-state index contributed by atoms with van der Waals surface area (Å²) in [6.45, 7) is 0.214. The Morgan fingerprint density at radius 1 is 1.00 bits per heavy atom. The molecule has 2 aromatic rings. The quantitative estimate of drug-likeness (QED) is 0.826. The van der Waals surface area contributed by atoms with Gasteiger partial charge in [-0.3, -0.25) is 4.72 Å². The van der Waals surface area contributed by atoms with Gasteiger partial charge in [-0.15, -0.1) is 0 Å². The van der Waals surface area contributed by atoms with Gasteiger partial charge in [0.05, 0.1) is 10.9 Å². The lowest BCUT2D eigenvalue weighted by molar-refractivity contribution is 0.174. The third-order valence-electron chi connectivity index (χ3n) is 4.07. The lowest BCUT2D eigenvalue weighted by atomic mass is 10.1. The second kappa shape index (κ2) is 6.07. The van der Waals surface area contributed by atoms with Crippen molar-refractivity contribution in [3.8, 4) is 11.5 Å². The van der Waals surface area contributed by atoms with Crippen molar-refractivity contribution >= 4 is 27.9 Å². The highest BCUT2D eigenvalue weighted by Gasteiger charge is 2.36. The van der Waals surface area contributed by atoms with Gasteiger partial charge < -0.3 is 9.47 Å². The van der Waals surface area contributed by atoms with Crippen LogP contribution in [0.1, 0.15) is 24.0 Å². The molecule has 1 heterocycles. The minimum absolute atomic E-state index is 0.0212. The number of nitrogens with one attached hydrogen (secondary N) is 1. The van der Waals surface area contributed by atoms with Gasteiger partial charge in [-0.25, -0.2) is 12.8 Å². The summed E-state index contributed by atoms with van der Waals surface area (Å²) in [7, 11) is -3.47. The first kappa shape index (κ1) is 16.0. The van der Waals surface area contributed by atoms with Crippen LogP contribution in [0.2, 0.25) is 0 Å². The van der Waals surface area contributed by atoms with Crippen molar-refractivity contribution in [2.75, 3.05) is 11.5 Å². The van der Waals surface area contributed by atoms with Crippen LogP contribution >= 0.6 is 0 Å². The molecule has 0 unspecified atom stereocenters. The molecule has 0 atom stereocenters. The Hall–Kier alpha value is -2.54. The summed E-state index contributed by atoms with van der Waals surface area (Å²) >= 11 is 0. The van der Waals surface area contributed by atoms with Crippen molar-refractivity contribution in [3.05, 3.63) is 53.3 Å². The number of rotatable bonds is 5. The first-order valence-electron chi connectivity index (χ1n) is 7.90. The topological polar surface area (TPSA) is 64.6 Å². The van der Waals surface area contributed by atoms with Gasteiger partial charge in [0.1, 0.15) is 5.82 Å². The fraction of sp³-hybridized carbons (Fsp3) is 0.222. The molecule has 25 heavy (non-hydrogen) atoms. The molecule has 0 spiro atoms. The van der Waals surface area contributed by atoms with E-state index in [1.54, 1.807) is 12.1 Å². The minimum atomic E-state index is -3.47. The Morgan fingerprint density at radius 3 is 2.40 bits per heavy atom. The molecule has 2 aliphatic rings. The van der Waals surface area contributed by atoms with Crippen LogP contribution in [0.3, 0.4) is 0 Å². The zero-order valence-electron chi connectivity index (χ0n) is 13.2. The molecule has 4 rings (SSSR count). The zero-order chi connectivity index (χ0) is 17.4. The molecular formula is C18H16FNO4S. The molecule has 130 valence electrons. The minimum Gasteiger partial charge on any atom is -0.454 e. The third-order valence-corrected chi connectivity index (χ3v) is 5.93. The van der Waals surface area contributed by atoms with E-state index >= 15 is 0 Å². The number of anilines is 1. The van der Waals surface area contributed by atoms with E-state index in [0.29, 0.717) is 29.9 Å². The van der Waals surface area contributed by atoms with Gasteiger partial charge in [-0.05, 0) is 48.2 Å². The predicted octanol–water partition coefficient (Wildman–Crippen LogP) is 3.63. The van der Waals surface area contributed by atoms with E-state index in [-0.39, 0.29) is 12.5 Å². The van der Waals surface area contributed by atoms with Gasteiger partial charge in [0.25, 0.3) is 0 Å². The summed E-state index contributed by atoms with van der Waals surface area (Å²) in [4.78, 5) is 0. The van der Waals surface area contributed by atoms with Crippen LogP contribution in [0.4, 0.5) is 10.1 Å². The molecule has 0 saturated heterocycles. The van der Waals surface area contributed by atoms with Crippen LogP contribution < -0.4 is 14.2 Å². The molecule has 1 saturated carbocycles. The monoisotopic (exact) mass is 361 g/mol. The maximum absolute atomic E-state index is 14.2. The average molecular weight is 361 g/mol. The highest BCUT2D eigenvalue weighted by molar-refractivity contribution is 7.93. The largest absolute Gasteiger partial charge is 0.454 e. The van der Waals surface area contributed by atoms with Crippen molar-refractivity contribution in [2.45, 2.75) is 18.1 Å². The molecule has 1 aliphatic heterocycles. The van der Waals surface area contributed by atoms with Crippen molar-refractivity contribution < 1.29 is 22.3 Å². The van der Waals surface area contributed by atoms with E-state index in [1.165, 1.54) is 12.1 Å². The highest BCUT2D eigenvalue weighted by Crippen LogP contribution is 2.33. The Morgan fingerprint density at radius 2 is 1.68 bits per heavy atom. The van der Waals surface area contributed by atoms with Gasteiger partial charge in [0.15, 0.2) is 11.5 Å². The molecule has 0 bridgehead atoms. The van der Waals surface area contributed by atoms with Crippen molar-refractivity contribution in [2.24, 2.45) is 0 Å². The van der Waals surface area contributed by atoms with E-state index < -0.39 is 21.1 Å². The van der Waals surface area contributed by atoms with Crippen LogP contribution in [0.25, 0.3) is 12.2 Å². The summed E-state index contributed by atoms with van der Waals surface area (Å²) in [5.74, 6) is 0.783. The lowest BCUT2D eigenvalue weighted by Crippen LogP contribution is -2.18. The van der Waals surface area contributed by atoms with Crippen LogP contribution in [-0.4, -0.2) is 20.5 Å². The molecular weight excluding hydrogens is 345 g/mol. The first-order chi connectivity index (χ1) is 12.0. The van der Waals surface area contributed by atoms with Crippen LogP contribution in [0, 0.1) is 5.82 Å². The Bertz CT molecular complexity index is 952. The normalized spacial score (nSPS) is 16.4. The zero-order valence-corrected chi connectivity index (χ0v) is 14.1. The Labute approximate surface area is 145 Å². The maximum atomic E-state index is 14.2. The molecule has 0 amide bonds. The molecule has 7 heteroatoms. The SMILES string of the molecule is O=S(=O)(Nc1ccc(/C=C/c2ccc3c(c2)OCO3)cc1F)C1CC1. The van der Waals surface area contributed by atoms with Crippen LogP contribution in [0.5, 0.6) is 11.5 Å². The fourth-order valence-electron chi connectivity index (χ4n) is 2.54. The van der Waals surface area contributed by atoms with Crippen LogP contribution in [0.15, 0.2) is 36.4 Å². The van der Waals surface area contributed by atoms with E-state index in [4.69, 9.17) is 9.47 Å². The molecule has 1 N–H and O–H groups in total. The summed E-state index contributed by atoms with van der Waals surface area (Å²) in [6.07, 6.45) is 4.84. The second-order valence-electron chi connectivity index (χ2n) is 6.03. The van der Waals surface area contributed by atoms with E-state index in [9.17, 15) is 12.8 Å². The summed E-state index contributed by atoms with van der Waals surface area (Å²) < 4.78 is 50.8. The van der Waals surface area contributed by atoms with Gasteiger partial charge in [0.2, 0.25) is 16.8 Å². The number of ether oxygens (including phenoxy) is 2. The standard InChI is InChI=1S/C18H16FNO4S/c19-15-9-12(3-7-16(15)20-25(21,22)14-5-6-14)1-2-13-4-8-17-18(10-13)24-11-23-17/h1-4,7-10,14,20H,5-6,11H2/b2-1+. The number of benzene rings is 2. The van der Waals surface area contributed by atoms with E-state index in [2.05, 4.69) is 4.72 Å². The molecule has 0 radical (unpaired) electrons. The van der Waals surface area contributed by atoms with Crippen molar-refractivity contribution in [1.29, 1.82) is 0 Å². The number of fused-ring (bicyclic) bond motifs is 1. The Kier molecular flexibility index (Phi) is 3.88. The molecule has 5 nitrogen and oxygen atoms in total. The van der Waals surface area contributed by atoms with Gasteiger partial charge in [-0.2, -0.15) is 0 Å². The van der Waals surface area contributed by atoms with Gasteiger partial charge >= 0.3 is 0 Å². The van der Waals surface area contributed by atoms with Gasteiger partial charge in [-0.1, -0.05) is 24.3 Å². The number of hydrogen-bond acceptors (Lipinski definition) is 4. The third kappa shape index (κ3) is 3.46. The maximum Gasteiger partial charge on any atom is 0.235 e. The highest BCUT2D eigenvalue weighted by atomic mass is 32.2. The predicted molar refractivity (Wildman–Crippen MR) is 93.5 cm³/mol. The van der Waals surface area contributed by atoms with Gasteiger partial charge in [0, 0.05) is 0 Å². The number of sulfonamides is 1. The van der Waals surface area contributed by atoms with Crippen molar-refractivity contribution in [1.82, 2.24) is 0 Å². The first-order valence-corrected chi connectivity index (χ1v) is 9.45. The van der Waals surface area contributed by atoms with Crippen molar-refractivity contribution in [3.63, 3.8) is 0 Å². The molecule has 1 aliphatic carbocycles. The summed E-state index contributed by atoms with van der Waals surface area (Å²) in [5, 5.41) is -0.391. The van der Waals surface area contributed by atoms with E-state index in [0.717, 1.165) is 5.56 Å². The number of halogens is 1. The van der Waals surface area contributed by atoms with Crippen LogP contribution in [-0.2, 0) is 10.0 Å². The summed E-state index contributed by atoms with van der Waals surface area (Å²) in [6, 6.07) is 9.93. The molecule has 1 fully saturated rings. The molecule has 2 aromatic carbocycles. The second-order valence-corrected chi connectivity index (χ2v) is 7.99. The Balaban J connectivity index is 1.50. The number of hydrogen-bond donors (Lipinski definition) is 1. The fourth-order valence-corrected chi connectivity index (χ4v) is 3.94.